The summed E-state index contributed by atoms with van der Waals surface area (Å²) in [5.41, 5.74) is 1.92. The van der Waals surface area contributed by atoms with E-state index in [1.807, 2.05) is 12.3 Å². The molecule has 0 spiro atoms. The maximum absolute atomic E-state index is 12.4. The monoisotopic (exact) mass is 458 g/mol. The Kier molecular flexibility index (Phi) is 6.24. The molecule has 0 atom stereocenters. The van der Waals surface area contributed by atoms with Crippen LogP contribution in [0, 0.1) is 15.0 Å². The Bertz CT molecular complexity index is 587. The van der Waals surface area contributed by atoms with Crippen LogP contribution < -0.4 is 0 Å². The molecule has 1 amide bonds. The number of carbonyl (C=O) groups excluding carboxylic acids is 1. The molecule has 0 saturated carbocycles. The van der Waals surface area contributed by atoms with Crippen LogP contribution in [0.15, 0.2) is 34.3 Å². The highest BCUT2D eigenvalue weighted by Crippen LogP contribution is 2.22. The first-order valence-electron chi connectivity index (χ1n) is 6.96. The maximum Gasteiger partial charge on any atom is 0.266 e. The average Bonchev–Trinajstić information content (AvgIpc) is 2.47. The van der Waals surface area contributed by atoms with Crippen LogP contribution in [0.2, 0.25) is 0 Å². The summed E-state index contributed by atoms with van der Waals surface area (Å²) in [6.45, 7) is 0.463. The highest BCUT2D eigenvalue weighted by atomic mass is 127. The molecule has 1 aliphatic carbocycles. The van der Waals surface area contributed by atoms with Crippen LogP contribution >= 0.6 is 38.5 Å². The molecule has 0 N–H and O–H groups in total. The van der Waals surface area contributed by atoms with Gasteiger partial charge < -0.3 is 0 Å². The van der Waals surface area contributed by atoms with Crippen molar-refractivity contribution in [2.75, 3.05) is 6.54 Å². The van der Waals surface area contributed by atoms with E-state index in [9.17, 15) is 10.1 Å². The van der Waals surface area contributed by atoms with Gasteiger partial charge in [-0.25, -0.2) is 4.90 Å². The highest BCUT2D eigenvalue weighted by molar-refractivity contribution is 14.1. The molecule has 0 heterocycles. The lowest BCUT2D eigenvalue weighted by molar-refractivity contribution is 0.0833. The van der Waals surface area contributed by atoms with Crippen molar-refractivity contribution in [3.05, 3.63) is 43.5 Å². The zero-order chi connectivity index (χ0) is 15.2. The van der Waals surface area contributed by atoms with Crippen molar-refractivity contribution in [2.45, 2.75) is 32.1 Å². The third-order valence-corrected chi connectivity index (χ3v) is 4.60. The smallest absolute Gasteiger partial charge is 0.266 e. The van der Waals surface area contributed by atoms with E-state index in [-0.39, 0.29) is 5.91 Å². The summed E-state index contributed by atoms with van der Waals surface area (Å²) in [7, 11) is 0. The molecule has 5 heteroatoms. The number of hydrogen-bond acceptors (Lipinski definition) is 2. The third-order valence-electron chi connectivity index (χ3n) is 3.52. The average molecular weight is 459 g/mol. The summed E-state index contributed by atoms with van der Waals surface area (Å²) >= 11 is 5.55. The molecular weight excluding hydrogens is 443 g/mol. The quantitative estimate of drug-likeness (QED) is 0.279. The number of halogens is 2. The summed E-state index contributed by atoms with van der Waals surface area (Å²) in [5.74, 6) is -0.229. The van der Waals surface area contributed by atoms with Gasteiger partial charge in [-0.2, -0.15) is 5.26 Å². The van der Waals surface area contributed by atoms with Crippen LogP contribution in [0.1, 0.15) is 42.5 Å². The molecular formula is C16H16BrIN2O. The van der Waals surface area contributed by atoms with Gasteiger partial charge in [0.15, 0.2) is 6.19 Å². The normalized spacial score (nSPS) is 14.2. The van der Waals surface area contributed by atoms with Crippen molar-refractivity contribution in [2.24, 2.45) is 0 Å². The van der Waals surface area contributed by atoms with Gasteiger partial charge >= 0.3 is 0 Å². The Balaban J connectivity index is 2.04. The molecule has 0 fully saturated rings. The van der Waals surface area contributed by atoms with Crippen molar-refractivity contribution in [1.82, 2.24) is 4.90 Å². The molecule has 0 radical (unpaired) electrons. The molecule has 0 bridgehead atoms. The van der Waals surface area contributed by atoms with Gasteiger partial charge in [0.05, 0.1) is 0 Å². The molecule has 21 heavy (non-hydrogen) atoms. The Hall–Kier alpha value is -0.870. The van der Waals surface area contributed by atoms with E-state index in [1.54, 1.807) is 12.1 Å². The van der Waals surface area contributed by atoms with E-state index in [2.05, 4.69) is 44.6 Å². The standard InChI is InChI=1S/C16H16BrIN2O/c17-14-8-13(9-15(18)10-14)16(21)20(11-19)7-6-12-4-2-1-3-5-12/h4,8-10H,1-3,5-7H2. The van der Waals surface area contributed by atoms with E-state index < -0.39 is 0 Å². The lowest BCUT2D eigenvalue weighted by atomic mass is 9.97. The summed E-state index contributed by atoms with van der Waals surface area (Å²) in [6.07, 6.45) is 9.76. The fourth-order valence-corrected chi connectivity index (χ4v) is 4.01. The van der Waals surface area contributed by atoms with E-state index >= 15 is 0 Å². The van der Waals surface area contributed by atoms with Crippen molar-refractivity contribution < 1.29 is 4.79 Å². The SMILES string of the molecule is N#CN(CCC1=CCCCC1)C(=O)c1cc(Br)cc(I)c1. The predicted octanol–water partition coefficient (Wildman–Crippen LogP) is 4.87. The summed E-state index contributed by atoms with van der Waals surface area (Å²) < 4.78 is 1.82. The number of nitriles is 1. The lowest BCUT2D eigenvalue weighted by Crippen LogP contribution is -2.27. The van der Waals surface area contributed by atoms with E-state index in [0.717, 1.165) is 27.3 Å². The van der Waals surface area contributed by atoms with Crippen molar-refractivity contribution in [1.29, 1.82) is 5.26 Å². The van der Waals surface area contributed by atoms with Gasteiger partial charge in [0, 0.05) is 20.2 Å². The van der Waals surface area contributed by atoms with E-state index in [1.165, 1.54) is 23.3 Å². The van der Waals surface area contributed by atoms with Gasteiger partial charge in [0.1, 0.15) is 0 Å². The fourth-order valence-electron chi connectivity index (χ4n) is 2.42. The second-order valence-corrected chi connectivity index (χ2v) is 7.23. The van der Waals surface area contributed by atoms with Gasteiger partial charge in [-0.15, -0.1) is 0 Å². The minimum absolute atomic E-state index is 0.229. The van der Waals surface area contributed by atoms with Gasteiger partial charge in [0.2, 0.25) is 0 Å². The molecule has 0 saturated heterocycles. The predicted molar refractivity (Wildman–Crippen MR) is 94.7 cm³/mol. The molecule has 110 valence electrons. The number of rotatable bonds is 4. The van der Waals surface area contributed by atoms with Crippen LogP contribution in [0.25, 0.3) is 0 Å². The molecule has 1 aliphatic rings. The Morgan fingerprint density at radius 1 is 1.38 bits per heavy atom. The van der Waals surface area contributed by atoms with Crippen molar-refractivity contribution in [3.63, 3.8) is 0 Å². The number of carbonyl (C=O) groups is 1. The molecule has 1 aromatic carbocycles. The van der Waals surface area contributed by atoms with E-state index in [4.69, 9.17) is 0 Å². The summed E-state index contributed by atoms with van der Waals surface area (Å²) in [6, 6.07) is 5.49. The number of nitrogens with zero attached hydrogens (tertiary/aromatic N) is 2. The highest BCUT2D eigenvalue weighted by Gasteiger charge is 2.17. The second kappa shape index (κ2) is 7.95. The summed E-state index contributed by atoms with van der Waals surface area (Å²) in [5, 5.41) is 9.25. The summed E-state index contributed by atoms with van der Waals surface area (Å²) in [4.78, 5) is 13.7. The van der Waals surface area contributed by atoms with Crippen LogP contribution in [0.4, 0.5) is 0 Å². The number of amides is 1. The van der Waals surface area contributed by atoms with Gasteiger partial charge in [-0.3, -0.25) is 4.79 Å². The minimum Gasteiger partial charge on any atom is -0.268 e. The maximum atomic E-state index is 12.4. The van der Waals surface area contributed by atoms with Crippen LogP contribution in [0.3, 0.4) is 0 Å². The first kappa shape index (κ1) is 16.5. The van der Waals surface area contributed by atoms with Crippen molar-refractivity contribution in [3.8, 4) is 6.19 Å². The molecule has 0 aliphatic heterocycles. The van der Waals surface area contributed by atoms with Gasteiger partial charge in [0.25, 0.3) is 5.91 Å². The number of benzene rings is 1. The second-order valence-electron chi connectivity index (χ2n) is 5.07. The van der Waals surface area contributed by atoms with Crippen molar-refractivity contribution >= 4 is 44.4 Å². The number of allylic oxidation sites excluding steroid dienone is 1. The van der Waals surface area contributed by atoms with Crippen LogP contribution in [0.5, 0.6) is 0 Å². The molecule has 0 unspecified atom stereocenters. The molecule has 3 nitrogen and oxygen atoms in total. The molecule has 1 aromatic rings. The Labute approximate surface area is 147 Å². The van der Waals surface area contributed by atoms with E-state index in [0.29, 0.717) is 12.1 Å². The lowest BCUT2D eigenvalue weighted by Gasteiger charge is -2.17. The zero-order valence-corrected chi connectivity index (χ0v) is 15.4. The molecule has 2 rings (SSSR count). The molecule has 0 aromatic heterocycles. The Morgan fingerprint density at radius 2 is 2.19 bits per heavy atom. The first-order valence-corrected chi connectivity index (χ1v) is 8.83. The topological polar surface area (TPSA) is 44.1 Å². The zero-order valence-electron chi connectivity index (χ0n) is 11.6. The first-order chi connectivity index (χ1) is 10.1. The van der Waals surface area contributed by atoms with Crippen LogP contribution in [-0.4, -0.2) is 17.4 Å². The minimum atomic E-state index is -0.229. The van der Waals surface area contributed by atoms with Gasteiger partial charge in [-0.1, -0.05) is 27.6 Å². The van der Waals surface area contributed by atoms with Gasteiger partial charge in [-0.05, 0) is 72.9 Å². The third kappa shape index (κ3) is 4.82. The number of hydrogen-bond donors (Lipinski definition) is 0. The van der Waals surface area contributed by atoms with Crippen LogP contribution in [-0.2, 0) is 0 Å². The largest absolute Gasteiger partial charge is 0.268 e. The Morgan fingerprint density at radius 3 is 2.81 bits per heavy atom. The fraction of sp³-hybridized carbons (Fsp3) is 0.375.